The van der Waals surface area contributed by atoms with Crippen LogP contribution in [0, 0.1) is 11.6 Å². The van der Waals surface area contributed by atoms with Crippen molar-refractivity contribution < 1.29 is 23.0 Å². The zero-order chi connectivity index (χ0) is 24.1. The zero-order valence-corrected chi connectivity index (χ0v) is 19.3. The summed E-state index contributed by atoms with van der Waals surface area (Å²) in [6.07, 6.45) is 3.83. The maximum Gasteiger partial charge on any atom is 0.410 e. The van der Waals surface area contributed by atoms with Crippen molar-refractivity contribution >= 4 is 11.7 Å². The fraction of sp³-hybridized carbons (Fsp3) is 0.276. The Hall–Kier alpha value is -3.67. The van der Waals surface area contributed by atoms with Crippen LogP contribution in [0.2, 0.25) is 0 Å². The summed E-state index contributed by atoms with van der Waals surface area (Å²) in [5.74, 6) is -1.55. The number of methoxy groups -OCH3 is 1. The molecule has 3 aromatic carbocycles. The lowest BCUT2D eigenvalue weighted by molar-refractivity contribution is 0.0866. The van der Waals surface area contributed by atoms with Gasteiger partial charge in [-0.3, -0.25) is 4.90 Å². The smallest absolute Gasteiger partial charge is 0.410 e. The Kier molecular flexibility index (Phi) is 5.32. The number of carbonyl (C=O) groups is 1. The number of hydrogen-bond acceptors (Lipinski definition) is 3. The molecule has 0 spiro atoms. The number of halogens is 2. The van der Waals surface area contributed by atoms with E-state index < -0.39 is 11.6 Å². The molecule has 1 aliphatic carbocycles. The number of rotatable bonds is 4. The lowest BCUT2D eigenvalue weighted by atomic mass is 9.94. The van der Waals surface area contributed by atoms with Gasteiger partial charge in [0.05, 0.1) is 13.2 Å². The van der Waals surface area contributed by atoms with Gasteiger partial charge in [0.2, 0.25) is 0 Å². The normalized spacial score (nSPS) is 20.3. The lowest BCUT2D eigenvalue weighted by Gasteiger charge is -2.34. The van der Waals surface area contributed by atoms with Crippen LogP contribution in [0.15, 0.2) is 66.7 Å². The highest BCUT2D eigenvalue weighted by atomic mass is 19.2. The van der Waals surface area contributed by atoms with Gasteiger partial charge in [0.25, 0.3) is 0 Å². The molecular formula is C29H25F2NO3. The first-order valence-electron chi connectivity index (χ1n) is 11.9. The van der Waals surface area contributed by atoms with Gasteiger partial charge in [0.1, 0.15) is 12.4 Å². The standard InChI is InChI=1S/C29H25F2NO3/c1-34-28-15-27(31)26(30)14-24(28)17-12-18-10-11-19(13-17)32(18)29(33)35-16-25-22-8-4-2-6-20(22)21-7-3-5-9-23(21)25/h2-9,12,14-15,18-19,25H,10-11,13,16H2,1H3. The van der Waals surface area contributed by atoms with Crippen LogP contribution in [-0.2, 0) is 4.74 Å². The molecule has 0 aromatic heterocycles. The second-order valence-electron chi connectivity index (χ2n) is 9.37. The summed E-state index contributed by atoms with van der Waals surface area (Å²) in [5.41, 5.74) is 6.14. The minimum absolute atomic E-state index is 0.00588. The average Bonchev–Trinajstić information content (AvgIpc) is 3.34. The summed E-state index contributed by atoms with van der Waals surface area (Å²) in [6, 6.07) is 18.6. The van der Waals surface area contributed by atoms with E-state index in [0.29, 0.717) is 17.7 Å². The van der Waals surface area contributed by atoms with Gasteiger partial charge in [-0.1, -0.05) is 54.6 Å². The van der Waals surface area contributed by atoms with Gasteiger partial charge >= 0.3 is 6.09 Å². The summed E-state index contributed by atoms with van der Waals surface area (Å²) in [6.45, 7) is 0.274. The van der Waals surface area contributed by atoms with Crippen molar-refractivity contribution in [3.63, 3.8) is 0 Å². The number of nitrogens with zero attached hydrogens (tertiary/aromatic N) is 1. The first-order chi connectivity index (χ1) is 17.0. The first-order valence-corrected chi connectivity index (χ1v) is 11.9. The number of amides is 1. The Balaban J connectivity index is 1.22. The minimum Gasteiger partial charge on any atom is -0.496 e. The molecule has 1 fully saturated rings. The van der Waals surface area contributed by atoms with Crippen molar-refractivity contribution in [1.29, 1.82) is 0 Å². The Morgan fingerprint density at radius 3 is 2.26 bits per heavy atom. The summed E-state index contributed by atoms with van der Waals surface area (Å²) < 4.78 is 38.9. The van der Waals surface area contributed by atoms with Crippen molar-refractivity contribution in [1.82, 2.24) is 4.90 Å². The monoisotopic (exact) mass is 473 g/mol. The van der Waals surface area contributed by atoms with E-state index in [1.165, 1.54) is 35.4 Å². The summed E-state index contributed by atoms with van der Waals surface area (Å²) in [4.78, 5) is 15.1. The molecule has 0 N–H and O–H groups in total. The Morgan fingerprint density at radius 2 is 1.60 bits per heavy atom. The van der Waals surface area contributed by atoms with Gasteiger partial charge in [0, 0.05) is 23.6 Å². The topological polar surface area (TPSA) is 38.8 Å². The molecule has 2 aliphatic heterocycles. The molecule has 1 amide bonds. The number of hydrogen-bond donors (Lipinski definition) is 0. The van der Waals surface area contributed by atoms with Crippen molar-refractivity contribution in [2.75, 3.05) is 13.7 Å². The summed E-state index contributed by atoms with van der Waals surface area (Å²) >= 11 is 0. The van der Waals surface area contributed by atoms with Gasteiger partial charge in [-0.15, -0.1) is 0 Å². The van der Waals surface area contributed by atoms with Crippen LogP contribution in [0.4, 0.5) is 13.6 Å². The first kappa shape index (κ1) is 21.8. The van der Waals surface area contributed by atoms with Crippen molar-refractivity contribution in [3.05, 3.63) is 95.1 Å². The molecule has 3 aliphatic rings. The molecule has 2 atom stereocenters. The molecule has 2 heterocycles. The van der Waals surface area contributed by atoms with Crippen LogP contribution in [0.3, 0.4) is 0 Å². The largest absolute Gasteiger partial charge is 0.496 e. The van der Waals surface area contributed by atoms with Crippen LogP contribution in [-0.4, -0.2) is 36.8 Å². The number of carbonyl (C=O) groups excluding carboxylic acids is 1. The molecular weight excluding hydrogens is 448 g/mol. The Bertz CT molecular complexity index is 1310. The molecule has 1 saturated heterocycles. The average molecular weight is 474 g/mol. The van der Waals surface area contributed by atoms with Gasteiger partial charge in [-0.25, -0.2) is 13.6 Å². The molecule has 2 bridgehead atoms. The van der Waals surface area contributed by atoms with Gasteiger partial charge in [-0.2, -0.15) is 0 Å². The molecule has 6 heteroatoms. The molecule has 2 unspecified atom stereocenters. The summed E-state index contributed by atoms with van der Waals surface area (Å²) in [5, 5.41) is 0. The van der Waals surface area contributed by atoms with Crippen LogP contribution < -0.4 is 4.74 Å². The van der Waals surface area contributed by atoms with Crippen LogP contribution in [0.25, 0.3) is 16.7 Å². The highest BCUT2D eigenvalue weighted by molar-refractivity contribution is 5.80. The highest BCUT2D eigenvalue weighted by Crippen LogP contribution is 2.45. The maximum atomic E-state index is 14.0. The lowest BCUT2D eigenvalue weighted by Crippen LogP contribution is -2.43. The predicted molar refractivity (Wildman–Crippen MR) is 129 cm³/mol. The molecule has 0 saturated carbocycles. The van der Waals surface area contributed by atoms with E-state index in [0.717, 1.165) is 24.5 Å². The third kappa shape index (κ3) is 3.59. The number of ether oxygens (including phenoxy) is 2. The molecule has 6 rings (SSSR count). The van der Waals surface area contributed by atoms with E-state index in [-0.39, 0.29) is 30.7 Å². The second-order valence-corrected chi connectivity index (χ2v) is 9.37. The third-order valence-corrected chi connectivity index (χ3v) is 7.53. The van der Waals surface area contributed by atoms with Gasteiger partial charge < -0.3 is 9.47 Å². The van der Waals surface area contributed by atoms with E-state index in [9.17, 15) is 13.6 Å². The summed E-state index contributed by atoms with van der Waals surface area (Å²) in [7, 11) is 1.44. The highest BCUT2D eigenvalue weighted by Gasteiger charge is 2.41. The maximum absolute atomic E-state index is 14.0. The Morgan fingerprint density at radius 1 is 0.943 bits per heavy atom. The quantitative estimate of drug-likeness (QED) is 0.432. The van der Waals surface area contributed by atoms with E-state index in [1.807, 2.05) is 35.2 Å². The SMILES string of the molecule is COc1cc(F)c(F)cc1C1=CC2CCC(C1)N2C(=O)OCC1c2ccccc2-c2ccccc21. The Labute approximate surface area is 202 Å². The number of fused-ring (bicyclic) bond motifs is 5. The fourth-order valence-corrected chi connectivity index (χ4v) is 5.93. The van der Waals surface area contributed by atoms with Crippen molar-refractivity contribution in [2.45, 2.75) is 37.3 Å². The van der Waals surface area contributed by atoms with Crippen LogP contribution >= 0.6 is 0 Å². The minimum atomic E-state index is -0.940. The number of benzene rings is 3. The zero-order valence-electron chi connectivity index (χ0n) is 19.3. The van der Waals surface area contributed by atoms with E-state index >= 15 is 0 Å². The van der Waals surface area contributed by atoms with Gasteiger partial charge in [0.15, 0.2) is 11.6 Å². The molecule has 178 valence electrons. The molecule has 4 nitrogen and oxygen atoms in total. The molecule has 3 aromatic rings. The predicted octanol–water partition coefficient (Wildman–Crippen LogP) is 6.54. The fourth-order valence-electron chi connectivity index (χ4n) is 5.93. The molecule has 35 heavy (non-hydrogen) atoms. The van der Waals surface area contributed by atoms with Gasteiger partial charge in [-0.05, 0) is 53.2 Å². The van der Waals surface area contributed by atoms with Crippen molar-refractivity contribution in [3.8, 4) is 16.9 Å². The van der Waals surface area contributed by atoms with E-state index in [2.05, 4.69) is 24.3 Å². The molecule has 0 radical (unpaired) electrons. The second kappa shape index (κ2) is 8.52. The van der Waals surface area contributed by atoms with E-state index in [4.69, 9.17) is 9.47 Å². The third-order valence-electron chi connectivity index (χ3n) is 7.53. The van der Waals surface area contributed by atoms with Crippen molar-refractivity contribution in [2.24, 2.45) is 0 Å². The van der Waals surface area contributed by atoms with Crippen LogP contribution in [0.5, 0.6) is 5.75 Å². The van der Waals surface area contributed by atoms with Crippen LogP contribution in [0.1, 0.15) is 41.9 Å². The van der Waals surface area contributed by atoms with E-state index in [1.54, 1.807) is 0 Å².